The highest BCUT2D eigenvalue weighted by Crippen LogP contribution is 2.36. The van der Waals surface area contributed by atoms with Crippen molar-refractivity contribution < 1.29 is 37.9 Å². The molecule has 0 aromatic heterocycles. The van der Waals surface area contributed by atoms with Gasteiger partial charge in [-0.25, -0.2) is 0 Å². The summed E-state index contributed by atoms with van der Waals surface area (Å²) in [6.07, 6.45) is 0. The van der Waals surface area contributed by atoms with Crippen LogP contribution in [0.5, 0.6) is 34.5 Å². The molecule has 0 atom stereocenters. The fraction of sp³-hybridized carbons (Fsp3) is 0.308. The zero-order valence-corrected chi connectivity index (χ0v) is 35.0. The second-order valence-electron chi connectivity index (χ2n) is 16.4. The molecular formula is C52H54O8. The highest BCUT2D eigenvalue weighted by molar-refractivity contribution is 5.44. The van der Waals surface area contributed by atoms with Crippen LogP contribution in [0.2, 0.25) is 0 Å². The van der Waals surface area contributed by atoms with Crippen molar-refractivity contribution in [3.8, 4) is 34.5 Å². The van der Waals surface area contributed by atoms with Gasteiger partial charge in [-0.3, -0.25) is 0 Å². The number of benzene rings is 6. The van der Waals surface area contributed by atoms with Gasteiger partial charge in [-0.15, -0.1) is 0 Å². The third kappa shape index (κ3) is 10.2. The molecule has 14 bridgehead atoms. The Morgan fingerprint density at radius 2 is 0.533 bits per heavy atom. The van der Waals surface area contributed by atoms with Gasteiger partial charge in [0.25, 0.3) is 0 Å². The van der Waals surface area contributed by atoms with E-state index in [1.54, 1.807) is 0 Å². The summed E-state index contributed by atoms with van der Waals surface area (Å²) in [5, 5.41) is 0. The molecule has 0 aliphatic carbocycles. The van der Waals surface area contributed by atoms with Crippen molar-refractivity contribution in [2.45, 2.75) is 65.0 Å². The predicted octanol–water partition coefficient (Wildman–Crippen LogP) is 10.8. The van der Waals surface area contributed by atoms with E-state index in [2.05, 4.69) is 88.4 Å². The van der Waals surface area contributed by atoms with Crippen LogP contribution in [0.3, 0.4) is 0 Å². The highest BCUT2D eigenvalue weighted by atomic mass is 16.6. The minimum atomic E-state index is -0.247. The summed E-state index contributed by atoms with van der Waals surface area (Å²) in [5.74, 6) is 4.61. The Balaban J connectivity index is 1.13. The summed E-state index contributed by atoms with van der Waals surface area (Å²) in [6.45, 7) is 12.9. The van der Waals surface area contributed by atoms with Gasteiger partial charge in [-0.05, 0) is 129 Å². The minimum Gasteiger partial charge on any atom is -0.491 e. The Labute approximate surface area is 353 Å². The summed E-state index contributed by atoms with van der Waals surface area (Å²) in [6, 6.07) is 45.7. The predicted molar refractivity (Wildman–Crippen MR) is 233 cm³/mol. The first kappa shape index (κ1) is 40.8. The number of hydrogen-bond donors (Lipinski definition) is 0. The maximum atomic E-state index is 6.34. The summed E-state index contributed by atoms with van der Waals surface area (Å²) in [7, 11) is 0. The molecule has 6 aromatic carbocycles. The Bertz CT molecular complexity index is 2000. The molecule has 0 N–H and O–H groups in total. The fourth-order valence-electron chi connectivity index (χ4n) is 7.59. The van der Waals surface area contributed by atoms with E-state index >= 15 is 0 Å². The molecule has 8 nitrogen and oxygen atoms in total. The van der Waals surface area contributed by atoms with Crippen molar-refractivity contribution >= 4 is 0 Å². The van der Waals surface area contributed by atoms with Crippen LogP contribution in [-0.4, -0.2) is 39.6 Å². The second-order valence-corrected chi connectivity index (χ2v) is 16.4. The van der Waals surface area contributed by atoms with Gasteiger partial charge in [0.15, 0.2) is 0 Å². The Kier molecular flexibility index (Phi) is 12.6. The Hall–Kier alpha value is -5.96. The van der Waals surface area contributed by atoms with Crippen LogP contribution in [-0.2, 0) is 46.7 Å². The van der Waals surface area contributed by atoms with Gasteiger partial charge in [0.05, 0.1) is 26.4 Å². The van der Waals surface area contributed by atoms with Crippen molar-refractivity contribution in [2.75, 3.05) is 39.6 Å². The summed E-state index contributed by atoms with van der Waals surface area (Å²) < 4.78 is 49.5. The van der Waals surface area contributed by atoms with Gasteiger partial charge >= 0.3 is 0 Å². The maximum absolute atomic E-state index is 6.34. The second kappa shape index (κ2) is 18.5. The zero-order chi connectivity index (χ0) is 41.4. The quantitative estimate of drug-likeness (QED) is 0.150. The SMILES string of the molecule is CC1(C)c2ccc(cc2)OCc2cc3cc(c2)OCCOCCOCCOc2cc(cc(c2)COc2ccc(cc2)C(C)(C)c2ccc(cc2)OC3)COc2ccc1cc2. The number of rotatable bonds is 0. The van der Waals surface area contributed by atoms with Gasteiger partial charge in [0.2, 0.25) is 0 Å². The highest BCUT2D eigenvalue weighted by Gasteiger charge is 2.25. The van der Waals surface area contributed by atoms with Crippen LogP contribution >= 0.6 is 0 Å². The first-order valence-electron chi connectivity index (χ1n) is 20.8. The summed E-state index contributed by atoms with van der Waals surface area (Å²) >= 11 is 0. The molecule has 60 heavy (non-hydrogen) atoms. The van der Waals surface area contributed by atoms with Gasteiger partial charge in [0.1, 0.15) is 74.1 Å². The van der Waals surface area contributed by atoms with Crippen LogP contribution in [0.1, 0.15) is 72.2 Å². The third-order valence-electron chi connectivity index (χ3n) is 11.3. The summed E-state index contributed by atoms with van der Waals surface area (Å²) in [5.41, 5.74) is 8.13. The van der Waals surface area contributed by atoms with Crippen molar-refractivity contribution in [1.82, 2.24) is 0 Å². The molecule has 0 saturated carbocycles. The Morgan fingerprint density at radius 3 is 0.800 bits per heavy atom. The lowest BCUT2D eigenvalue weighted by Gasteiger charge is -2.26. The molecule has 6 heterocycles. The van der Waals surface area contributed by atoms with Gasteiger partial charge in [0, 0.05) is 10.8 Å². The number of ether oxygens (including phenoxy) is 8. The Morgan fingerprint density at radius 1 is 0.283 bits per heavy atom. The number of fused-ring (bicyclic) bond motifs is 4. The van der Waals surface area contributed by atoms with Gasteiger partial charge < -0.3 is 37.9 Å². The van der Waals surface area contributed by atoms with Crippen LogP contribution in [0.25, 0.3) is 0 Å². The summed E-state index contributed by atoms with van der Waals surface area (Å²) in [4.78, 5) is 0. The maximum Gasteiger partial charge on any atom is 0.120 e. The van der Waals surface area contributed by atoms with E-state index in [0.717, 1.165) is 56.8 Å². The van der Waals surface area contributed by atoms with E-state index in [4.69, 9.17) is 37.9 Å². The van der Waals surface area contributed by atoms with E-state index in [1.165, 1.54) is 22.3 Å². The van der Waals surface area contributed by atoms with Crippen LogP contribution in [0, 0.1) is 0 Å². The van der Waals surface area contributed by atoms with Crippen molar-refractivity contribution in [3.05, 3.63) is 178 Å². The molecule has 0 amide bonds. The molecule has 0 radical (unpaired) electrons. The molecule has 0 spiro atoms. The van der Waals surface area contributed by atoms with E-state index in [0.29, 0.717) is 66.1 Å². The van der Waals surface area contributed by atoms with Gasteiger partial charge in [-0.1, -0.05) is 76.2 Å². The molecule has 8 heteroatoms. The molecule has 0 unspecified atom stereocenters. The lowest BCUT2D eigenvalue weighted by Crippen LogP contribution is -2.18. The van der Waals surface area contributed by atoms with E-state index in [9.17, 15) is 0 Å². The molecule has 0 fully saturated rings. The average molecular weight is 807 g/mol. The van der Waals surface area contributed by atoms with E-state index in [-0.39, 0.29) is 10.8 Å². The topological polar surface area (TPSA) is 73.8 Å². The van der Waals surface area contributed by atoms with Crippen LogP contribution in [0.15, 0.2) is 133 Å². The molecule has 310 valence electrons. The largest absolute Gasteiger partial charge is 0.491 e. The van der Waals surface area contributed by atoms with Crippen LogP contribution in [0.4, 0.5) is 0 Å². The third-order valence-corrected chi connectivity index (χ3v) is 11.3. The van der Waals surface area contributed by atoms with Crippen LogP contribution < -0.4 is 28.4 Å². The molecule has 6 aliphatic rings. The van der Waals surface area contributed by atoms with E-state index < -0.39 is 0 Å². The van der Waals surface area contributed by atoms with Crippen molar-refractivity contribution in [2.24, 2.45) is 0 Å². The fourth-order valence-corrected chi connectivity index (χ4v) is 7.59. The number of hydrogen-bond acceptors (Lipinski definition) is 8. The van der Waals surface area contributed by atoms with E-state index in [1.807, 2.05) is 72.8 Å². The first-order chi connectivity index (χ1) is 29.2. The molecule has 0 saturated heterocycles. The molecule has 12 rings (SSSR count). The molecule has 6 aliphatic heterocycles. The first-order valence-corrected chi connectivity index (χ1v) is 20.8. The lowest BCUT2D eigenvalue weighted by molar-refractivity contribution is 0.0273. The van der Waals surface area contributed by atoms with Crippen molar-refractivity contribution in [3.63, 3.8) is 0 Å². The van der Waals surface area contributed by atoms with Gasteiger partial charge in [-0.2, -0.15) is 0 Å². The monoisotopic (exact) mass is 806 g/mol. The standard InChI is InChI=1S/C52H54O8/c1-51(2)41-5-13-45(14-6-41)57-33-37-27-39-31-49(29-37)55-25-23-53-21-22-54-24-26-56-50-30-38(34-58-46-15-7-42(51)8-16-46)28-40(32-50)36-60-48-19-11-44(12-20-48)52(3,4)43-9-17-47(18-10-43)59-35-39/h5-20,27-32H,21-26,33-36H2,1-4H3. The minimum absolute atomic E-state index is 0.247. The normalized spacial score (nSPS) is 16.9. The lowest BCUT2D eigenvalue weighted by atomic mass is 9.78. The zero-order valence-electron chi connectivity index (χ0n) is 35.0. The molecular weight excluding hydrogens is 753 g/mol. The van der Waals surface area contributed by atoms with Crippen molar-refractivity contribution in [1.29, 1.82) is 0 Å². The smallest absolute Gasteiger partial charge is 0.120 e. The molecule has 6 aromatic rings. The average Bonchev–Trinajstić information content (AvgIpc) is 3.27.